The third kappa shape index (κ3) is 4.95. The number of nitrogens with zero attached hydrogens (tertiary/aromatic N) is 5. The Morgan fingerprint density at radius 1 is 1.38 bits per heavy atom. The fraction of sp³-hybridized carbons (Fsp3) is 0.500. The van der Waals surface area contributed by atoms with Crippen LogP contribution in [0.25, 0.3) is 11.2 Å². The highest BCUT2D eigenvalue weighted by atomic mass is 31.2. The molecular formula is C22H28FN8O7P. The highest BCUT2D eigenvalue weighted by Gasteiger charge is 2.56. The van der Waals surface area contributed by atoms with Gasteiger partial charge < -0.3 is 26.0 Å². The minimum absolute atomic E-state index is 0.00364. The van der Waals surface area contributed by atoms with Crippen LogP contribution in [0, 0.1) is 6.92 Å². The molecule has 6 N–H and O–H groups in total. The lowest BCUT2D eigenvalue weighted by atomic mass is 9.98. The van der Waals surface area contributed by atoms with E-state index in [-0.39, 0.29) is 48.3 Å². The first kappa shape index (κ1) is 27.3. The molecule has 3 aromatic heterocycles. The van der Waals surface area contributed by atoms with Gasteiger partial charge in [0, 0.05) is 24.7 Å². The Kier molecular flexibility index (Phi) is 7.03. The van der Waals surface area contributed by atoms with Gasteiger partial charge in [-0.15, -0.1) is 0 Å². The number of aromatic nitrogens is 5. The molecule has 210 valence electrons. The van der Waals surface area contributed by atoms with Crippen LogP contribution in [0.4, 0.5) is 16.2 Å². The van der Waals surface area contributed by atoms with E-state index in [1.165, 1.54) is 10.9 Å². The Morgan fingerprint density at radius 2 is 2.15 bits per heavy atom. The molecular weight excluding hydrogens is 538 g/mol. The number of fused-ring (bicyclic) bond motifs is 2. The lowest BCUT2D eigenvalue weighted by Crippen LogP contribution is -2.40. The number of nitrogen functional groups attached to an aromatic ring is 2. The van der Waals surface area contributed by atoms with Gasteiger partial charge in [0.2, 0.25) is 5.95 Å². The molecule has 0 bridgehead atoms. The minimum atomic E-state index is -3.97. The van der Waals surface area contributed by atoms with Crippen LogP contribution in [-0.2, 0) is 36.3 Å². The van der Waals surface area contributed by atoms with Crippen molar-refractivity contribution in [3.05, 3.63) is 29.3 Å². The maximum Gasteiger partial charge on any atom is 0.406 e. The number of aliphatic hydroxyl groups is 1. The van der Waals surface area contributed by atoms with E-state index in [0.717, 1.165) is 6.92 Å². The van der Waals surface area contributed by atoms with Crippen molar-refractivity contribution in [2.24, 2.45) is 0 Å². The van der Waals surface area contributed by atoms with Crippen molar-refractivity contribution in [3.63, 3.8) is 0 Å². The van der Waals surface area contributed by atoms with Gasteiger partial charge in [0.1, 0.15) is 17.7 Å². The zero-order chi connectivity index (χ0) is 28.1. The standard InChI is InChI=1S/C22H28FN8O7P/c1-4-14(32)38-16-10(2)26-5-11-6-28-39(34,35-7-12(11)16)36-8-13-17(33)22(3,23)20(37-13)31-9-27-15-18(24)29-21(25)30-19(15)31/h5,9,13,17,20,33H,4,6-8H2,1-3H3,(H,28,34)(H4,24,25,29,30)/t13-,17+,20-,22+,39?/m1/s1. The Balaban J connectivity index is 1.32. The number of ether oxygens (including phenoxy) is 2. The molecule has 0 saturated carbocycles. The third-order valence-electron chi connectivity index (χ3n) is 6.60. The Labute approximate surface area is 221 Å². The Hall–Kier alpha value is -3.27. The molecule has 1 unspecified atom stereocenters. The van der Waals surface area contributed by atoms with E-state index in [0.29, 0.717) is 16.8 Å². The smallest absolute Gasteiger partial charge is 0.406 e. The predicted molar refractivity (Wildman–Crippen MR) is 134 cm³/mol. The van der Waals surface area contributed by atoms with Crippen LogP contribution in [0.2, 0.25) is 0 Å². The topological polar surface area (TPSA) is 212 Å². The molecule has 5 heterocycles. The van der Waals surface area contributed by atoms with Crippen LogP contribution in [0.5, 0.6) is 5.75 Å². The number of hydrogen-bond acceptors (Lipinski definition) is 13. The number of carbonyl (C=O) groups is 1. The molecule has 1 fully saturated rings. The number of halogens is 1. The first-order valence-corrected chi connectivity index (χ1v) is 13.6. The molecule has 0 amide bonds. The maximum absolute atomic E-state index is 15.8. The molecule has 1 saturated heterocycles. The quantitative estimate of drug-likeness (QED) is 0.246. The van der Waals surface area contributed by atoms with E-state index >= 15 is 4.39 Å². The summed E-state index contributed by atoms with van der Waals surface area (Å²) in [4.78, 5) is 28.1. The van der Waals surface area contributed by atoms with Gasteiger partial charge in [-0.25, -0.2) is 19.0 Å². The molecule has 5 atom stereocenters. The van der Waals surface area contributed by atoms with Crippen LogP contribution in [-0.4, -0.2) is 60.1 Å². The second-order valence-corrected chi connectivity index (χ2v) is 11.1. The summed E-state index contributed by atoms with van der Waals surface area (Å²) in [5.41, 5.74) is 11.1. The highest BCUT2D eigenvalue weighted by molar-refractivity contribution is 7.51. The fourth-order valence-electron chi connectivity index (χ4n) is 4.42. The highest BCUT2D eigenvalue weighted by Crippen LogP contribution is 2.50. The number of imidazole rings is 1. The second-order valence-electron chi connectivity index (χ2n) is 9.32. The number of nitrogens with two attached hydrogens (primary N) is 2. The molecule has 15 nitrogen and oxygen atoms in total. The number of hydrogen-bond donors (Lipinski definition) is 4. The van der Waals surface area contributed by atoms with Gasteiger partial charge >= 0.3 is 13.7 Å². The van der Waals surface area contributed by atoms with Crippen LogP contribution in [0.15, 0.2) is 12.5 Å². The number of aryl methyl sites for hydroxylation is 1. The van der Waals surface area contributed by atoms with E-state index in [1.54, 1.807) is 20.0 Å². The van der Waals surface area contributed by atoms with Gasteiger partial charge in [-0.05, 0) is 19.4 Å². The minimum Gasteiger partial charge on any atom is -0.424 e. The van der Waals surface area contributed by atoms with Crippen molar-refractivity contribution in [3.8, 4) is 5.75 Å². The number of pyridine rings is 1. The fourth-order valence-corrected chi connectivity index (χ4v) is 5.68. The molecule has 5 rings (SSSR count). The largest absolute Gasteiger partial charge is 0.424 e. The lowest BCUT2D eigenvalue weighted by Gasteiger charge is -2.24. The van der Waals surface area contributed by atoms with E-state index < -0.39 is 44.4 Å². The number of esters is 1. The van der Waals surface area contributed by atoms with Crippen LogP contribution >= 0.6 is 7.75 Å². The van der Waals surface area contributed by atoms with Gasteiger partial charge in [0.15, 0.2) is 29.1 Å². The van der Waals surface area contributed by atoms with Crippen molar-refractivity contribution < 1.29 is 37.4 Å². The van der Waals surface area contributed by atoms with Gasteiger partial charge in [0.25, 0.3) is 0 Å². The Bertz CT molecular complexity index is 1480. The molecule has 3 aromatic rings. The van der Waals surface area contributed by atoms with Crippen LogP contribution in [0.1, 0.15) is 43.3 Å². The summed E-state index contributed by atoms with van der Waals surface area (Å²) in [6.07, 6.45) is -1.35. The molecule has 2 aliphatic heterocycles. The zero-order valence-corrected chi connectivity index (χ0v) is 22.2. The average Bonchev–Trinajstić information content (AvgIpc) is 3.33. The summed E-state index contributed by atoms with van der Waals surface area (Å²) in [5.74, 6) is -0.361. The van der Waals surface area contributed by atoms with E-state index in [2.05, 4.69) is 25.0 Å². The molecule has 39 heavy (non-hydrogen) atoms. The monoisotopic (exact) mass is 566 g/mol. The number of rotatable bonds is 6. The third-order valence-corrected chi connectivity index (χ3v) is 8.10. The number of carbonyl (C=O) groups excluding carboxylic acids is 1. The molecule has 2 aliphatic rings. The van der Waals surface area contributed by atoms with Crippen molar-refractivity contribution >= 4 is 36.6 Å². The molecule has 0 aromatic carbocycles. The number of aliphatic hydroxyl groups excluding tert-OH is 1. The number of anilines is 2. The first-order valence-electron chi connectivity index (χ1n) is 12.0. The maximum atomic E-state index is 15.8. The molecule has 0 radical (unpaired) electrons. The SMILES string of the molecule is CCC(=O)Oc1c(C)ncc2c1COP(=O)(OC[C@H]1O[C@@H](n3cnc4c(N)nc(N)nc43)[C@@](C)(F)[C@H]1O)NC2. The van der Waals surface area contributed by atoms with Gasteiger partial charge in [0.05, 0.1) is 25.2 Å². The van der Waals surface area contributed by atoms with Crippen molar-refractivity contribution in [1.82, 2.24) is 29.6 Å². The summed E-state index contributed by atoms with van der Waals surface area (Å²) in [7, 11) is -3.97. The summed E-state index contributed by atoms with van der Waals surface area (Å²) < 4.78 is 52.8. The van der Waals surface area contributed by atoms with Crippen molar-refractivity contribution in [2.75, 3.05) is 18.1 Å². The summed E-state index contributed by atoms with van der Waals surface area (Å²) in [6, 6.07) is 0. The van der Waals surface area contributed by atoms with Crippen molar-refractivity contribution in [2.45, 2.75) is 64.4 Å². The van der Waals surface area contributed by atoms with E-state index in [4.69, 9.17) is 30.0 Å². The second kappa shape index (κ2) is 10.0. The van der Waals surface area contributed by atoms with Crippen LogP contribution < -0.4 is 21.3 Å². The molecule has 0 spiro atoms. The number of alkyl halides is 1. The van der Waals surface area contributed by atoms with Crippen molar-refractivity contribution in [1.29, 1.82) is 0 Å². The normalized spacial score (nSPS) is 28.8. The van der Waals surface area contributed by atoms with E-state index in [9.17, 15) is 14.5 Å². The van der Waals surface area contributed by atoms with Gasteiger partial charge in [-0.1, -0.05) is 6.92 Å². The van der Waals surface area contributed by atoms with E-state index in [1.807, 2.05) is 0 Å². The summed E-state index contributed by atoms with van der Waals surface area (Å²) in [5, 5.41) is 13.5. The summed E-state index contributed by atoms with van der Waals surface area (Å²) >= 11 is 0. The summed E-state index contributed by atoms with van der Waals surface area (Å²) in [6.45, 7) is 3.81. The first-order chi connectivity index (χ1) is 18.4. The van der Waals surface area contributed by atoms with Crippen LogP contribution in [0.3, 0.4) is 0 Å². The number of nitrogens with one attached hydrogen (secondary N) is 1. The molecule has 17 heteroatoms. The lowest BCUT2D eigenvalue weighted by molar-refractivity contribution is -0.134. The average molecular weight is 566 g/mol. The van der Waals surface area contributed by atoms with Gasteiger partial charge in [-0.3, -0.25) is 23.4 Å². The molecule has 0 aliphatic carbocycles. The van der Waals surface area contributed by atoms with Gasteiger partial charge in [-0.2, -0.15) is 9.97 Å². The predicted octanol–water partition coefficient (Wildman–Crippen LogP) is 1.44. The Morgan fingerprint density at radius 3 is 2.90 bits per heavy atom. The zero-order valence-electron chi connectivity index (χ0n) is 21.3.